The summed E-state index contributed by atoms with van der Waals surface area (Å²) in [5.74, 6) is 0.285. The molecule has 178 valence electrons. The Bertz CT molecular complexity index is 1010. The SMILES string of the molecule is CCC(=O)NC(Cc1nc2ccc(C(C)C)cc2s1)C(=O)N[C@H](CN=[N+]=[N-])C1CCCCC1. The lowest BCUT2D eigenvalue weighted by molar-refractivity contribution is -0.129. The highest BCUT2D eigenvalue weighted by atomic mass is 32.1. The lowest BCUT2D eigenvalue weighted by Crippen LogP contribution is -2.53. The van der Waals surface area contributed by atoms with E-state index in [1.165, 1.54) is 12.0 Å². The molecular weight excluding hydrogens is 436 g/mol. The first kappa shape index (κ1) is 25.0. The minimum atomic E-state index is -0.722. The molecule has 9 heteroatoms. The molecule has 1 saturated carbocycles. The number of hydrogen-bond acceptors (Lipinski definition) is 5. The van der Waals surface area contributed by atoms with Crippen LogP contribution in [-0.2, 0) is 16.0 Å². The van der Waals surface area contributed by atoms with Gasteiger partial charge in [0.15, 0.2) is 0 Å². The molecule has 1 aliphatic carbocycles. The Morgan fingerprint density at radius 2 is 2.00 bits per heavy atom. The Kier molecular flexibility index (Phi) is 9.09. The number of nitrogens with zero attached hydrogens (tertiary/aromatic N) is 4. The molecule has 0 radical (unpaired) electrons. The van der Waals surface area contributed by atoms with Gasteiger partial charge in [0.25, 0.3) is 0 Å². The second-order valence-corrected chi connectivity index (χ2v) is 10.2. The van der Waals surface area contributed by atoms with E-state index in [4.69, 9.17) is 10.5 Å². The van der Waals surface area contributed by atoms with Gasteiger partial charge in [-0.3, -0.25) is 9.59 Å². The van der Waals surface area contributed by atoms with E-state index < -0.39 is 6.04 Å². The van der Waals surface area contributed by atoms with E-state index in [2.05, 4.69) is 46.6 Å². The fourth-order valence-electron chi connectivity index (χ4n) is 4.37. The number of fused-ring (bicyclic) bond motifs is 1. The van der Waals surface area contributed by atoms with Crippen LogP contribution in [0, 0.1) is 5.92 Å². The van der Waals surface area contributed by atoms with Crippen LogP contribution in [0.15, 0.2) is 23.3 Å². The van der Waals surface area contributed by atoms with Crippen LogP contribution >= 0.6 is 11.3 Å². The molecule has 0 saturated heterocycles. The first-order valence-corrected chi connectivity index (χ1v) is 12.7. The fourth-order valence-corrected chi connectivity index (χ4v) is 5.43. The minimum absolute atomic E-state index is 0.178. The van der Waals surface area contributed by atoms with E-state index in [0.29, 0.717) is 18.8 Å². The standard InChI is InChI=1S/C24H34N6O2S/c1-4-22(31)27-19(13-23-28-18-11-10-17(15(2)3)12-21(18)33-23)24(32)29-20(14-26-30-25)16-8-6-5-7-9-16/h10-12,15-16,19-20H,4-9,13-14H2,1-3H3,(H,27,31)(H,29,32)/t19?,20-/m1/s1. The van der Waals surface area contributed by atoms with Crippen molar-refractivity contribution in [2.75, 3.05) is 6.54 Å². The molecular formula is C24H34N6O2S. The Morgan fingerprint density at radius 3 is 2.67 bits per heavy atom. The second-order valence-electron chi connectivity index (χ2n) is 9.09. The van der Waals surface area contributed by atoms with Gasteiger partial charge in [-0.1, -0.05) is 51.2 Å². The van der Waals surface area contributed by atoms with Gasteiger partial charge in [0.2, 0.25) is 11.8 Å². The predicted molar refractivity (Wildman–Crippen MR) is 132 cm³/mol. The highest BCUT2D eigenvalue weighted by molar-refractivity contribution is 7.18. The molecule has 0 aliphatic heterocycles. The maximum atomic E-state index is 13.3. The number of amides is 2. The van der Waals surface area contributed by atoms with Crippen molar-refractivity contribution in [1.29, 1.82) is 0 Å². The van der Waals surface area contributed by atoms with E-state index in [9.17, 15) is 9.59 Å². The van der Waals surface area contributed by atoms with Gasteiger partial charge in [-0.05, 0) is 47.9 Å². The van der Waals surface area contributed by atoms with Gasteiger partial charge in [-0.15, -0.1) is 11.3 Å². The predicted octanol–water partition coefficient (Wildman–Crippen LogP) is 5.23. The summed E-state index contributed by atoms with van der Waals surface area (Å²) in [6, 6.07) is 5.31. The number of carbonyl (C=O) groups excluding carboxylic acids is 2. The molecule has 0 bridgehead atoms. The van der Waals surface area contributed by atoms with E-state index in [0.717, 1.165) is 40.9 Å². The molecule has 3 rings (SSSR count). The van der Waals surface area contributed by atoms with Crippen molar-refractivity contribution < 1.29 is 9.59 Å². The molecule has 2 amide bonds. The highest BCUT2D eigenvalue weighted by Crippen LogP contribution is 2.28. The zero-order valence-electron chi connectivity index (χ0n) is 19.7. The van der Waals surface area contributed by atoms with Crippen LogP contribution in [-0.4, -0.2) is 35.4 Å². The number of hydrogen-bond donors (Lipinski definition) is 2. The average molecular weight is 471 g/mol. The van der Waals surface area contributed by atoms with Crippen molar-refractivity contribution in [3.8, 4) is 0 Å². The summed E-state index contributed by atoms with van der Waals surface area (Å²) in [4.78, 5) is 33.1. The minimum Gasteiger partial charge on any atom is -0.351 e. The van der Waals surface area contributed by atoms with Crippen LogP contribution in [0.3, 0.4) is 0 Å². The van der Waals surface area contributed by atoms with Crippen LogP contribution in [0.5, 0.6) is 0 Å². The molecule has 1 aromatic carbocycles. The average Bonchev–Trinajstić information content (AvgIpc) is 3.23. The summed E-state index contributed by atoms with van der Waals surface area (Å²) in [6.45, 7) is 6.30. The number of carbonyl (C=O) groups is 2. The van der Waals surface area contributed by atoms with Crippen LogP contribution in [0.1, 0.15) is 75.8 Å². The van der Waals surface area contributed by atoms with E-state index in [-0.39, 0.29) is 30.3 Å². The lowest BCUT2D eigenvalue weighted by atomic mass is 9.83. The van der Waals surface area contributed by atoms with Crippen molar-refractivity contribution in [2.45, 2.75) is 83.7 Å². The number of aromatic nitrogens is 1. The van der Waals surface area contributed by atoms with Gasteiger partial charge in [0.1, 0.15) is 6.04 Å². The zero-order chi connectivity index (χ0) is 23.8. The molecule has 1 unspecified atom stereocenters. The van der Waals surface area contributed by atoms with Crippen molar-refractivity contribution in [2.24, 2.45) is 11.0 Å². The fraction of sp³-hybridized carbons (Fsp3) is 0.625. The Hall–Kier alpha value is -2.64. The van der Waals surface area contributed by atoms with Crippen molar-refractivity contribution in [1.82, 2.24) is 15.6 Å². The summed E-state index contributed by atoms with van der Waals surface area (Å²) < 4.78 is 1.08. The zero-order valence-corrected chi connectivity index (χ0v) is 20.5. The van der Waals surface area contributed by atoms with E-state index >= 15 is 0 Å². The van der Waals surface area contributed by atoms with E-state index in [1.807, 2.05) is 6.07 Å². The lowest BCUT2D eigenvalue weighted by Gasteiger charge is -2.31. The maximum absolute atomic E-state index is 13.3. The van der Waals surface area contributed by atoms with Crippen molar-refractivity contribution >= 4 is 33.4 Å². The largest absolute Gasteiger partial charge is 0.351 e. The molecule has 1 heterocycles. The summed E-state index contributed by atoms with van der Waals surface area (Å²) in [7, 11) is 0. The van der Waals surface area contributed by atoms with Crippen LogP contribution in [0.4, 0.5) is 0 Å². The quantitative estimate of drug-likeness (QED) is 0.281. The molecule has 8 nitrogen and oxygen atoms in total. The van der Waals surface area contributed by atoms with E-state index in [1.54, 1.807) is 18.3 Å². The molecule has 1 aliphatic rings. The maximum Gasteiger partial charge on any atom is 0.243 e. The normalized spacial score (nSPS) is 16.2. The Balaban J connectivity index is 1.78. The smallest absolute Gasteiger partial charge is 0.243 e. The van der Waals surface area contributed by atoms with Gasteiger partial charge < -0.3 is 10.6 Å². The van der Waals surface area contributed by atoms with Crippen LogP contribution < -0.4 is 10.6 Å². The number of benzene rings is 1. The van der Waals surface area contributed by atoms with Gasteiger partial charge >= 0.3 is 0 Å². The number of rotatable bonds is 10. The van der Waals surface area contributed by atoms with Crippen molar-refractivity contribution in [3.63, 3.8) is 0 Å². The first-order valence-electron chi connectivity index (χ1n) is 11.9. The van der Waals surface area contributed by atoms with Gasteiger partial charge in [0, 0.05) is 30.3 Å². The summed E-state index contributed by atoms with van der Waals surface area (Å²) in [5, 5.41) is 10.5. The third-order valence-electron chi connectivity index (χ3n) is 6.36. The molecule has 0 spiro atoms. The van der Waals surface area contributed by atoms with Gasteiger partial charge in [-0.25, -0.2) is 4.98 Å². The summed E-state index contributed by atoms with van der Waals surface area (Å²) in [6.07, 6.45) is 6.08. The highest BCUT2D eigenvalue weighted by Gasteiger charge is 2.29. The Labute approximate surface area is 199 Å². The monoisotopic (exact) mass is 470 g/mol. The molecule has 1 aromatic heterocycles. The third-order valence-corrected chi connectivity index (χ3v) is 7.40. The van der Waals surface area contributed by atoms with Crippen LogP contribution in [0.25, 0.3) is 20.7 Å². The first-order chi connectivity index (χ1) is 15.9. The molecule has 1 fully saturated rings. The second kappa shape index (κ2) is 12.0. The number of azide groups is 1. The summed E-state index contributed by atoms with van der Waals surface area (Å²) >= 11 is 1.56. The number of thiazole rings is 1. The van der Waals surface area contributed by atoms with Gasteiger partial charge in [-0.2, -0.15) is 0 Å². The molecule has 33 heavy (non-hydrogen) atoms. The number of nitrogens with one attached hydrogen (secondary N) is 2. The Morgan fingerprint density at radius 1 is 1.24 bits per heavy atom. The topological polar surface area (TPSA) is 120 Å². The van der Waals surface area contributed by atoms with Crippen molar-refractivity contribution in [3.05, 3.63) is 39.2 Å². The molecule has 2 aromatic rings. The van der Waals surface area contributed by atoms with Gasteiger partial charge in [0.05, 0.1) is 15.2 Å². The third kappa shape index (κ3) is 6.92. The summed E-state index contributed by atoms with van der Waals surface area (Å²) in [5.41, 5.74) is 11.0. The van der Waals surface area contributed by atoms with Crippen LogP contribution in [0.2, 0.25) is 0 Å². The molecule has 2 N–H and O–H groups in total. The molecule has 2 atom stereocenters.